The Bertz CT molecular complexity index is 731. The highest BCUT2D eigenvalue weighted by Gasteiger charge is 2.02. The van der Waals surface area contributed by atoms with Crippen molar-refractivity contribution < 1.29 is 0 Å². The molecule has 0 amide bonds. The van der Waals surface area contributed by atoms with Gasteiger partial charge in [0.25, 0.3) is 0 Å². The van der Waals surface area contributed by atoms with E-state index in [-0.39, 0.29) is 0 Å². The molecule has 108 valence electrons. The zero-order chi connectivity index (χ0) is 14.7. The molecule has 21 heavy (non-hydrogen) atoms. The van der Waals surface area contributed by atoms with E-state index in [4.69, 9.17) is 0 Å². The predicted molar refractivity (Wildman–Crippen MR) is 84.5 cm³/mol. The van der Waals surface area contributed by atoms with Crippen LogP contribution in [0.2, 0.25) is 0 Å². The molecule has 1 aromatic carbocycles. The van der Waals surface area contributed by atoms with Crippen molar-refractivity contribution in [1.29, 1.82) is 0 Å². The van der Waals surface area contributed by atoms with E-state index in [9.17, 15) is 0 Å². The molecule has 0 bridgehead atoms. The molecule has 0 aliphatic rings. The average molecular weight is 299 g/mol. The Morgan fingerprint density at radius 3 is 2.76 bits per heavy atom. The number of anilines is 1. The molecule has 0 aliphatic carbocycles. The maximum absolute atomic E-state index is 4.25. The second kappa shape index (κ2) is 6.05. The van der Waals surface area contributed by atoms with E-state index in [2.05, 4.69) is 49.3 Å². The summed E-state index contributed by atoms with van der Waals surface area (Å²) in [6, 6.07) is 8.55. The smallest absolute Gasteiger partial charge is 0.205 e. The largest absolute Gasteiger partial charge is 0.356 e. The SMILES string of the molecule is Cc1nnc(NCc2cccc(Cn3ccnc3C)c2)s1. The lowest BCUT2D eigenvalue weighted by Crippen LogP contribution is -2.03. The Balaban J connectivity index is 1.67. The van der Waals surface area contributed by atoms with Crippen LogP contribution in [0.15, 0.2) is 36.7 Å². The van der Waals surface area contributed by atoms with E-state index in [0.29, 0.717) is 0 Å². The lowest BCUT2D eigenvalue weighted by Gasteiger charge is -2.08. The number of rotatable bonds is 5. The predicted octanol–water partition coefficient (Wildman–Crippen LogP) is 3.01. The molecule has 0 spiro atoms. The zero-order valence-corrected chi connectivity index (χ0v) is 12.9. The molecule has 3 aromatic rings. The number of nitrogens with zero attached hydrogens (tertiary/aromatic N) is 4. The van der Waals surface area contributed by atoms with Crippen LogP contribution in [0.3, 0.4) is 0 Å². The van der Waals surface area contributed by atoms with Gasteiger partial charge in [0.05, 0.1) is 0 Å². The van der Waals surface area contributed by atoms with Gasteiger partial charge in [-0.25, -0.2) is 4.98 Å². The number of imidazole rings is 1. The molecule has 2 heterocycles. The summed E-state index contributed by atoms with van der Waals surface area (Å²) in [6.07, 6.45) is 3.84. The highest BCUT2D eigenvalue weighted by atomic mass is 32.1. The summed E-state index contributed by atoms with van der Waals surface area (Å²) in [5.74, 6) is 1.03. The molecule has 0 saturated carbocycles. The van der Waals surface area contributed by atoms with Crippen molar-refractivity contribution in [2.45, 2.75) is 26.9 Å². The van der Waals surface area contributed by atoms with E-state index in [1.54, 1.807) is 11.3 Å². The molecular formula is C15H17N5S. The van der Waals surface area contributed by atoms with Gasteiger partial charge < -0.3 is 9.88 Å². The van der Waals surface area contributed by atoms with Gasteiger partial charge in [0.1, 0.15) is 10.8 Å². The van der Waals surface area contributed by atoms with Crippen LogP contribution in [-0.4, -0.2) is 19.7 Å². The van der Waals surface area contributed by atoms with Gasteiger partial charge in [-0.2, -0.15) is 0 Å². The van der Waals surface area contributed by atoms with Gasteiger partial charge in [0, 0.05) is 25.5 Å². The zero-order valence-electron chi connectivity index (χ0n) is 12.1. The minimum absolute atomic E-state index is 0.755. The highest BCUT2D eigenvalue weighted by molar-refractivity contribution is 7.15. The topological polar surface area (TPSA) is 55.6 Å². The molecule has 1 N–H and O–H groups in total. The Kier molecular flexibility index (Phi) is 3.96. The lowest BCUT2D eigenvalue weighted by molar-refractivity contribution is 0.760. The Morgan fingerprint density at radius 1 is 1.19 bits per heavy atom. The van der Waals surface area contributed by atoms with Crippen LogP contribution in [0.4, 0.5) is 5.13 Å². The van der Waals surface area contributed by atoms with E-state index < -0.39 is 0 Å². The summed E-state index contributed by atoms with van der Waals surface area (Å²) in [7, 11) is 0. The van der Waals surface area contributed by atoms with Crippen molar-refractivity contribution in [3.05, 3.63) is 58.6 Å². The summed E-state index contributed by atoms with van der Waals surface area (Å²) < 4.78 is 2.14. The van der Waals surface area contributed by atoms with Crippen molar-refractivity contribution in [3.63, 3.8) is 0 Å². The quantitative estimate of drug-likeness (QED) is 0.787. The molecular weight excluding hydrogens is 282 g/mol. The first-order valence-corrected chi connectivity index (χ1v) is 7.62. The maximum Gasteiger partial charge on any atom is 0.205 e. The average Bonchev–Trinajstić information content (AvgIpc) is 3.07. The minimum Gasteiger partial charge on any atom is -0.356 e. The monoisotopic (exact) mass is 299 g/mol. The van der Waals surface area contributed by atoms with Crippen LogP contribution in [0.5, 0.6) is 0 Å². The first-order chi connectivity index (χ1) is 10.2. The molecule has 0 atom stereocenters. The van der Waals surface area contributed by atoms with Crippen molar-refractivity contribution in [1.82, 2.24) is 19.7 Å². The summed E-state index contributed by atoms with van der Waals surface area (Å²) in [5.41, 5.74) is 2.50. The van der Waals surface area contributed by atoms with E-state index in [1.807, 2.05) is 26.2 Å². The van der Waals surface area contributed by atoms with Gasteiger partial charge in [-0.15, -0.1) is 10.2 Å². The van der Waals surface area contributed by atoms with Gasteiger partial charge in [0.15, 0.2) is 0 Å². The second-order valence-corrected chi connectivity index (χ2v) is 6.08. The number of aromatic nitrogens is 4. The normalized spacial score (nSPS) is 10.8. The molecule has 3 rings (SSSR count). The fourth-order valence-corrected chi connectivity index (χ4v) is 2.74. The van der Waals surface area contributed by atoms with Crippen LogP contribution < -0.4 is 5.32 Å². The first-order valence-electron chi connectivity index (χ1n) is 6.80. The summed E-state index contributed by atoms with van der Waals surface area (Å²) in [5, 5.41) is 13.2. The van der Waals surface area contributed by atoms with Gasteiger partial charge in [-0.05, 0) is 25.0 Å². The fourth-order valence-electron chi connectivity index (χ4n) is 2.15. The van der Waals surface area contributed by atoms with Crippen molar-refractivity contribution in [2.75, 3.05) is 5.32 Å². The molecule has 0 unspecified atom stereocenters. The highest BCUT2D eigenvalue weighted by Crippen LogP contribution is 2.15. The van der Waals surface area contributed by atoms with Crippen LogP contribution in [-0.2, 0) is 13.1 Å². The van der Waals surface area contributed by atoms with Gasteiger partial charge >= 0.3 is 0 Å². The molecule has 0 aliphatic heterocycles. The standard InChI is InChI=1S/C15H17N5S/c1-11-16-6-7-20(11)10-14-5-3-4-13(8-14)9-17-15-19-18-12(2)21-15/h3-8H,9-10H2,1-2H3,(H,17,19). The van der Waals surface area contributed by atoms with Crippen molar-refractivity contribution in [2.24, 2.45) is 0 Å². The fraction of sp³-hybridized carbons (Fsp3) is 0.267. The molecule has 5 nitrogen and oxygen atoms in total. The van der Waals surface area contributed by atoms with Crippen molar-refractivity contribution in [3.8, 4) is 0 Å². The molecule has 6 heteroatoms. The van der Waals surface area contributed by atoms with Gasteiger partial charge in [-0.1, -0.05) is 35.6 Å². The van der Waals surface area contributed by atoms with Gasteiger partial charge in [0.2, 0.25) is 5.13 Å². The van der Waals surface area contributed by atoms with Gasteiger partial charge in [-0.3, -0.25) is 0 Å². The lowest BCUT2D eigenvalue weighted by atomic mass is 10.1. The molecule has 2 aromatic heterocycles. The Labute approximate surface area is 127 Å². The minimum atomic E-state index is 0.755. The third-order valence-corrected chi connectivity index (χ3v) is 4.03. The summed E-state index contributed by atoms with van der Waals surface area (Å²) >= 11 is 1.57. The van der Waals surface area contributed by atoms with E-state index >= 15 is 0 Å². The van der Waals surface area contributed by atoms with Crippen molar-refractivity contribution >= 4 is 16.5 Å². The van der Waals surface area contributed by atoms with Crippen LogP contribution in [0.1, 0.15) is 22.0 Å². The van der Waals surface area contributed by atoms with Crippen LogP contribution in [0, 0.1) is 13.8 Å². The Morgan fingerprint density at radius 2 is 2.05 bits per heavy atom. The Hall–Kier alpha value is -2.21. The molecule has 0 fully saturated rings. The summed E-state index contributed by atoms with van der Waals surface area (Å²) in [4.78, 5) is 4.25. The number of nitrogens with one attached hydrogen (secondary N) is 1. The molecule has 0 radical (unpaired) electrons. The third kappa shape index (κ3) is 3.46. The van der Waals surface area contributed by atoms with E-state index in [0.717, 1.165) is 29.1 Å². The summed E-state index contributed by atoms with van der Waals surface area (Å²) in [6.45, 7) is 5.57. The molecule has 0 saturated heterocycles. The number of aryl methyl sites for hydroxylation is 2. The van der Waals surface area contributed by atoms with Crippen LogP contribution >= 0.6 is 11.3 Å². The first kappa shape index (κ1) is 13.8. The number of hydrogen-bond donors (Lipinski definition) is 1. The third-order valence-electron chi connectivity index (χ3n) is 3.24. The second-order valence-electron chi connectivity index (χ2n) is 4.90. The van der Waals surface area contributed by atoms with E-state index in [1.165, 1.54) is 11.1 Å². The number of hydrogen-bond acceptors (Lipinski definition) is 5. The maximum atomic E-state index is 4.25. The van der Waals surface area contributed by atoms with Crippen LogP contribution in [0.25, 0.3) is 0 Å². The number of benzene rings is 1.